The number of nitrogens with zero attached hydrogens (tertiary/aromatic N) is 5. The van der Waals surface area contributed by atoms with Crippen LogP contribution in [-0.2, 0) is 17.9 Å². The molecule has 0 saturated carbocycles. The first-order valence-corrected chi connectivity index (χ1v) is 11.8. The van der Waals surface area contributed by atoms with Gasteiger partial charge in [-0.1, -0.05) is 29.3 Å². The maximum Gasteiger partial charge on any atom is 0.247 e. The summed E-state index contributed by atoms with van der Waals surface area (Å²) in [6, 6.07) is 11.0. The minimum atomic E-state index is -0.282. The van der Waals surface area contributed by atoms with Gasteiger partial charge < -0.3 is 9.73 Å². The number of nitrogens with one attached hydrogen (secondary N) is 1. The van der Waals surface area contributed by atoms with Crippen molar-refractivity contribution in [3.05, 3.63) is 80.8 Å². The second-order valence-corrected chi connectivity index (χ2v) is 9.27. The minimum Gasteiger partial charge on any atom is -0.464 e. The van der Waals surface area contributed by atoms with E-state index in [4.69, 9.17) is 27.6 Å². The summed E-state index contributed by atoms with van der Waals surface area (Å²) in [7, 11) is 0. The van der Waals surface area contributed by atoms with Crippen molar-refractivity contribution >= 4 is 61.9 Å². The Balaban J connectivity index is 1.34. The van der Waals surface area contributed by atoms with Gasteiger partial charge >= 0.3 is 0 Å². The Hall–Kier alpha value is -3.14. The number of furan rings is 1. The summed E-state index contributed by atoms with van der Waals surface area (Å²) in [5.74, 6) is 0.841. The summed E-state index contributed by atoms with van der Waals surface area (Å²) >= 11 is 15.5. The zero-order valence-electron chi connectivity index (χ0n) is 17.8. The van der Waals surface area contributed by atoms with E-state index < -0.39 is 0 Å². The normalized spacial score (nSPS) is 11.3. The van der Waals surface area contributed by atoms with Crippen LogP contribution < -0.4 is 5.32 Å². The maximum atomic E-state index is 12.8. The highest BCUT2D eigenvalue weighted by Gasteiger charge is 2.18. The van der Waals surface area contributed by atoms with Crippen LogP contribution in [0.15, 0.2) is 63.9 Å². The molecule has 1 N–H and O–H groups in total. The molecule has 0 bridgehead atoms. The van der Waals surface area contributed by atoms with E-state index in [-0.39, 0.29) is 12.5 Å². The lowest BCUT2D eigenvalue weighted by Crippen LogP contribution is -2.20. The number of anilines is 1. The molecule has 0 unspecified atom stereocenters. The van der Waals surface area contributed by atoms with E-state index in [0.717, 1.165) is 28.0 Å². The van der Waals surface area contributed by atoms with E-state index in [1.54, 1.807) is 40.2 Å². The van der Waals surface area contributed by atoms with Crippen molar-refractivity contribution in [1.29, 1.82) is 0 Å². The molecule has 4 aromatic heterocycles. The molecule has 0 atom stereocenters. The van der Waals surface area contributed by atoms with Gasteiger partial charge in [0.05, 0.1) is 38.4 Å². The summed E-state index contributed by atoms with van der Waals surface area (Å²) in [5.41, 5.74) is 3.17. The molecule has 8 nitrogen and oxygen atoms in total. The number of pyridine rings is 1. The molecule has 1 amide bonds. The summed E-state index contributed by atoms with van der Waals surface area (Å²) in [5, 5.41) is 13.6. The predicted octanol–water partition coefficient (Wildman–Crippen LogP) is 5.95. The Labute approximate surface area is 212 Å². The van der Waals surface area contributed by atoms with Crippen LogP contribution in [-0.4, -0.2) is 30.5 Å². The highest BCUT2D eigenvalue weighted by Crippen LogP contribution is 2.30. The van der Waals surface area contributed by atoms with Gasteiger partial charge in [0.1, 0.15) is 12.3 Å². The van der Waals surface area contributed by atoms with Crippen molar-refractivity contribution in [3.8, 4) is 11.3 Å². The van der Waals surface area contributed by atoms with Crippen molar-refractivity contribution in [2.24, 2.45) is 0 Å². The molecule has 0 saturated heterocycles. The molecule has 0 fully saturated rings. The van der Waals surface area contributed by atoms with Gasteiger partial charge in [0.25, 0.3) is 0 Å². The summed E-state index contributed by atoms with van der Waals surface area (Å²) < 4.78 is 9.48. The Kier molecular flexibility index (Phi) is 6.16. The predicted molar refractivity (Wildman–Crippen MR) is 134 cm³/mol. The zero-order valence-corrected chi connectivity index (χ0v) is 20.9. The largest absolute Gasteiger partial charge is 0.464 e. The topological polar surface area (TPSA) is 90.8 Å². The SMILES string of the molecule is Cc1nn(CC(=O)Nc2nn(Cc3ccc(Cl)c(Cl)c3)cc2Br)c2nccc(-c3ccco3)c12. The van der Waals surface area contributed by atoms with E-state index in [1.165, 1.54) is 0 Å². The molecule has 0 aliphatic carbocycles. The quantitative estimate of drug-likeness (QED) is 0.277. The van der Waals surface area contributed by atoms with E-state index in [0.29, 0.717) is 32.5 Å². The number of aryl methyl sites for hydroxylation is 1. The van der Waals surface area contributed by atoms with Crippen LogP contribution in [0.2, 0.25) is 10.0 Å². The highest BCUT2D eigenvalue weighted by molar-refractivity contribution is 9.10. The van der Waals surface area contributed by atoms with Crippen LogP contribution >= 0.6 is 39.1 Å². The van der Waals surface area contributed by atoms with Crippen LogP contribution in [0.4, 0.5) is 5.82 Å². The molecule has 5 aromatic rings. The van der Waals surface area contributed by atoms with E-state index in [9.17, 15) is 4.79 Å². The molecule has 0 aliphatic rings. The molecule has 34 heavy (non-hydrogen) atoms. The van der Waals surface area contributed by atoms with E-state index >= 15 is 0 Å². The number of rotatable bonds is 6. The van der Waals surface area contributed by atoms with Gasteiger partial charge in [-0.05, 0) is 58.7 Å². The van der Waals surface area contributed by atoms with E-state index in [2.05, 4.69) is 36.4 Å². The van der Waals surface area contributed by atoms with Crippen LogP contribution in [0.5, 0.6) is 0 Å². The standard InChI is InChI=1S/C23H17BrCl2N6O2/c1-13-21-15(19-3-2-8-34-19)6-7-27-23(21)32(29-13)12-20(33)28-22-16(24)11-31(30-22)10-14-4-5-17(25)18(26)9-14/h2-9,11H,10,12H2,1H3,(H,28,30,33). The number of hydrogen-bond donors (Lipinski definition) is 1. The molecule has 1 aromatic carbocycles. The summed E-state index contributed by atoms with van der Waals surface area (Å²) in [6.45, 7) is 2.32. The van der Waals surface area contributed by atoms with E-state index in [1.807, 2.05) is 31.2 Å². The van der Waals surface area contributed by atoms with Gasteiger partial charge in [-0.25, -0.2) is 9.67 Å². The Morgan fingerprint density at radius 2 is 2.03 bits per heavy atom. The van der Waals surface area contributed by atoms with Crippen molar-refractivity contribution in [2.75, 3.05) is 5.32 Å². The van der Waals surface area contributed by atoms with Gasteiger partial charge in [0.2, 0.25) is 5.91 Å². The lowest BCUT2D eigenvalue weighted by Gasteiger charge is -2.05. The summed E-state index contributed by atoms with van der Waals surface area (Å²) in [6.07, 6.45) is 5.08. The number of carbonyl (C=O) groups is 1. The Bertz CT molecular complexity index is 1510. The molecular formula is C23H17BrCl2N6O2. The Morgan fingerprint density at radius 3 is 2.79 bits per heavy atom. The average Bonchev–Trinajstić information content (AvgIpc) is 3.52. The van der Waals surface area contributed by atoms with Gasteiger partial charge in [-0.2, -0.15) is 10.2 Å². The number of hydrogen-bond acceptors (Lipinski definition) is 5. The van der Waals surface area contributed by atoms with Crippen molar-refractivity contribution in [2.45, 2.75) is 20.0 Å². The van der Waals surface area contributed by atoms with Crippen molar-refractivity contribution in [1.82, 2.24) is 24.5 Å². The monoisotopic (exact) mass is 558 g/mol. The second kappa shape index (κ2) is 9.25. The van der Waals surface area contributed by atoms with Gasteiger partial charge in [0, 0.05) is 18.0 Å². The fraction of sp³-hybridized carbons (Fsp3) is 0.130. The van der Waals surface area contributed by atoms with Crippen LogP contribution in [0, 0.1) is 6.92 Å². The first kappa shape index (κ1) is 22.6. The minimum absolute atomic E-state index is 0.0228. The molecule has 0 spiro atoms. The average molecular weight is 560 g/mol. The molecule has 5 rings (SSSR count). The van der Waals surface area contributed by atoms with Gasteiger partial charge in [-0.3, -0.25) is 9.48 Å². The van der Waals surface area contributed by atoms with Crippen LogP contribution in [0.3, 0.4) is 0 Å². The number of amides is 1. The number of benzene rings is 1. The molecule has 0 radical (unpaired) electrons. The Morgan fingerprint density at radius 1 is 1.18 bits per heavy atom. The molecule has 11 heteroatoms. The first-order valence-electron chi connectivity index (χ1n) is 10.2. The molecular weight excluding hydrogens is 543 g/mol. The molecule has 4 heterocycles. The first-order chi connectivity index (χ1) is 16.4. The van der Waals surface area contributed by atoms with Crippen LogP contribution in [0.25, 0.3) is 22.4 Å². The third-order valence-electron chi connectivity index (χ3n) is 5.19. The molecule has 0 aliphatic heterocycles. The van der Waals surface area contributed by atoms with Gasteiger partial charge in [-0.15, -0.1) is 0 Å². The molecule has 172 valence electrons. The van der Waals surface area contributed by atoms with Crippen LogP contribution in [0.1, 0.15) is 11.3 Å². The number of fused-ring (bicyclic) bond motifs is 1. The lowest BCUT2D eigenvalue weighted by molar-refractivity contribution is -0.116. The fourth-order valence-corrected chi connectivity index (χ4v) is 4.46. The zero-order chi connectivity index (χ0) is 23.8. The third-order valence-corrected chi connectivity index (χ3v) is 6.51. The number of carbonyl (C=O) groups excluding carboxylic acids is 1. The summed E-state index contributed by atoms with van der Waals surface area (Å²) in [4.78, 5) is 17.3. The number of halogens is 3. The van der Waals surface area contributed by atoms with Gasteiger partial charge in [0.15, 0.2) is 11.5 Å². The lowest BCUT2D eigenvalue weighted by atomic mass is 10.1. The fourth-order valence-electron chi connectivity index (χ4n) is 3.72. The maximum absolute atomic E-state index is 12.8. The van der Waals surface area contributed by atoms with Crippen molar-refractivity contribution < 1.29 is 9.21 Å². The highest BCUT2D eigenvalue weighted by atomic mass is 79.9. The van der Waals surface area contributed by atoms with Crippen molar-refractivity contribution in [3.63, 3.8) is 0 Å². The second-order valence-electron chi connectivity index (χ2n) is 7.60. The smallest absolute Gasteiger partial charge is 0.247 e. The third kappa shape index (κ3) is 4.46. The number of aromatic nitrogens is 5.